The minimum Gasteiger partial charge on any atom is -0.270 e. The first-order valence-corrected chi connectivity index (χ1v) is 8.11. The number of benzene rings is 1. The third-order valence-corrected chi connectivity index (χ3v) is 4.62. The van der Waals surface area contributed by atoms with Crippen LogP contribution in [0.2, 0.25) is 0 Å². The molecular formula is C17H19N6O2+. The summed E-state index contributed by atoms with van der Waals surface area (Å²) >= 11 is 0. The number of carbonyl (C=O) groups excluding carboxylic acids is 2. The lowest BCUT2D eigenvalue weighted by Crippen LogP contribution is -2.63. The van der Waals surface area contributed by atoms with E-state index >= 15 is 0 Å². The van der Waals surface area contributed by atoms with Crippen LogP contribution < -0.4 is 5.43 Å². The van der Waals surface area contributed by atoms with Crippen molar-refractivity contribution in [1.82, 2.24) is 15.2 Å². The molecule has 0 bridgehead atoms. The maximum absolute atomic E-state index is 13.1. The van der Waals surface area contributed by atoms with Crippen LogP contribution in [-0.2, 0) is 11.3 Å². The summed E-state index contributed by atoms with van der Waals surface area (Å²) in [6.07, 6.45) is 0. The van der Waals surface area contributed by atoms with Crippen LogP contribution in [0.4, 0.5) is 4.79 Å². The number of likely N-dealkylation sites (N-methyl/N-ethyl adjacent to an activating group) is 1. The molecule has 1 fully saturated rings. The Morgan fingerprint density at radius 2 is 1.96 bits per heavy atom. The molecule has 1 unspecified atom stereocenters. The van der Waals surface area contributed by atoms with Crippen LogP contribution in [0.25, 0.3) is 0 Å². The van der Waals surface area contributed by atoms with E-state index in [0.717, 1.165) is 16.8 Å². The van der Waals surface area contributed by atoms with Crippen LogP contribution in [0.5, 0.6) is 0 Å². The van der Waals surface area contributed by atoms with Gasteiger partial charge in [0, 0.05) is 7.05 Å². The largest absolute Gasteiger partial charge is 0.414 e. The van der Waals surface area contributed by atoms with Gasteiger partial charge in [0.25, 0.3) is 5.91 Å². The molecule has 0 saturated carbocycles. The predicted molar refractivity (Wildman–Crippen MR) is 92.5 cm³/mol. The molecule has 25 heavy (non-hydrogen) atoms. The number of aliphatic imine (C=N–C) groups is 1. The Morgan fingerprint density at radius 1 is 1.24 bits per heavy atom. The number of amides is 3. The summed E-state index contributed by atoms with van der Waals surface area (Å²) in [6, 6.07) is 6.86. The minimum atomic E-state index is -0.596. The van der Waals surface area contributed by atoms with Gasteiger partial charge in [0.2, 0.25) is 11.9 Å². The fourth-order valence-corrected chi connectivity index (χ4v) is 3.22. The number of amidine groups is 1. The van der Waals surface area contributed by atoms with Crippen molar-refractivity contribution >= 4 is 29.4 Å². The van der Waals surface area contributed by atoms with Gasteiger partial charge in [-0.3, -0.25) is 14.6 Å². The molecule has 0 aliphatic carbocycles. The van der Waals surface area contributed by atoms with Crippen LogP contribution in [0.1, 0.15) is 18.1 Å². The highest BCUT2D eigenvalue weighted by molar-refractivity contribution is 6.23. The molecule has 8 nitrogen and oxygen atoms in total. The number of imide groups is 1. The highest BCUT2D eigenvalue weighted by Gasteiger charge is 2.53. The Kier molecular flexibility index (Phi) is 3.41. The van der Waals surface area contributed by atoms with Gasteiger partial charge in [-0.15, -0.1) is 5.10 Å². The van der Waals surface area contributed by atoms with Crippen molar-refractivity contribution in [2.24, 2.45) is 10.1 Å². The van der Waals surface area contributed by atoms with Gasteiger partial charge in [0.15, 0.2) is 0 Å². The zero-order chi connectivity index (χ0) is 17.7. The van der Waals surface area contributed by atoms with Gasteiger partial charge in [-0.05, 0) is 19.4 Å². The van der Waals surface area contributed by atoms with Crippen molar-refractivity contribution in [3.63, 3.8) is 0 Å². The normalized spacial score (nSPS) is 22.4. The predicted octanol–water partition coefficient (Wildman–Crippen LogP) is 0.517. The lowest BCUT2D eigenvalue weighted by Gasteiger charge is -2.34. The first-order chi connectivity index (χ1) is 12.0. The zero-order valence-electron chi connectivity index (χ0n) is 14.4. The number of carbonyl (C=O) groups is 2. The fourth-order valence-electron chi connectivity index (χ4n) is 3.22. The molecule has 3 aliphatic rings. The van der Waals surface area contributed by atoms with Crippen molar-refractivity contribution < 1.29 is 14.2 Å². The molecule has 1 aromatic rings. The number of aryl methyl sites for hydroxylation is 1. The van der Waals surface area contributed by atoms with E-state index in [2.05, 4.69) is 15.5 Å². The number of guanidine groups is 1. The van der Waals surface area contributed by atoms with Crippen molar-refractivity contribution in [3.05, 3.63) is 35.4 Å². The van der Waals surface area contributed by atoms with Crippen molar-refractivity contribution in [2.45, 2.75) is 26.4 Å². The highest BCUT2D eigenvalue weighted by Crippen LogP contribution is 2.22. The first-order valence-electron chi connectivity index (χ1n) is 8.11. The number of nitrogens with zero attached hydrogens (tertiary/aromatic N) is 5. The SMILES string of the molecule is CC1=NNC2=[N+](C1)C1C(=O)N(Cc3ccc(C)cc3)C(=O)N(C)C1=N2. The standard InChI is InChI=1S/C17H18N6O2/c1-10-4-6-12(7-5-10)9-23-15(24)13-14(21(3)17(23)25)18-16-20-19-11(2)8-22(13)16/h4-7,13H,8-9H2,1-3H3/p+1. The van der Waals surface area contributed by atoms with Gasteiger partial charge in [-0.1, -0.05) is 34.8 Å². The monoisotopic (exact) mass is 339 g/mol. The number of hydrogen-bond acceptors (Lipinski definition) is 5. The van der Waals surface area contributed by atoms with Crippen LogP contribution in [0, 0.1) is 6.92 Å². The van der Waals surface area contributed by atoms with Gasteiger partial charge in [0.1, 0.15) is 6.54 Å². The average molecular weight is 339 g/mol. The molecule has 1 saturated heterocycles. The molecule has 1 atom stereocenters. The third kappa shape index (κ3) is 2.41. The van der Waals surface area contributed by atoms with Gasteiger partial charge in [-0.2, -0.15) is 5.43 Å². The van der Waals surface area contributed by atoms with E-state index in [-0.39, 0.29) is 18.5 Å². The summed E-state index contributed by atoms with van der Waals surface area (Å²) in [5.41, 5.74) is 5.76. The van der Waals surface area contributed by atoms with Crippen LogP contribution in [-0.4, -0.2) is 63.5 Å². The average Bonchev–Trinajstić information content (AvgIpc) is 2.97. The molecular weight excluding hydrogens is 320 g/mol. The quantitative estimate of drug-likeness (QED) is 0.798. The van der Waals surface area contributed by atoms with Gasteiger partial charge >= 0.3 is 12.0 Å². The van der Waals surface area contributed by atoms with Crippen molar-refractivity contribution in [3.8, 4) is 0 Å². The molecule has 0 radical (unpaired) electrons. The number of hydrogen-bond donors (Lipinski definition) is 1. The number of nitrogens with one attached hydrogen (secondary N) is 1. The molecule has 0 spiro atoms. The summed E-state index contributed by atoms with van der Waals surface area (Å²) in [4.78, 5) is 32.9. The van der Waals surface area contributed by atoms with Gasteiger partial charge in [0.05, 0.1) is 12.3 Å². The van der Waals surface area contributed by atoms with Crippen molar-refractivity contribution in [2.75, 3.05) is 13.6 Å². The number of urea groups is 1. The summed E-state index contributed by atoms with van der Waals surface area (Å²) < 4.78 is 1.85. The second-order valence-corrected chi connectivity index (χ2v) is 6.53. The fraction of sp³-hybridized carbons (Fsp3) is 0.353. The molecule has 128 valence electrons. The molecule has 8 heteroatoms. The lowest BCUT2D eigenvalue weighted by molar-refractivity contribution is -0.524. The third-order valence-electron chi connectivity index (χ3n) is 4.62. The van der Waals surface area contributed by atoms with E-state index in [0.29, 0.717) is 18.3 Å². The lowest BCUT2D eigenvalue weighted by atomic mass is 10.1. The Hall–Kier alpha value is -3.03. The minimum absolute atomic E-state index is 0.246. The van der Waals surface area contributed by atoms with Crippen molar-refractivity contribution in [1.29, 1.82) is 0 Å². The van der Waals surface area contributed by atoms with E-state index in [1.807, 2.05) is 42.7 Å². The van der Waals surface area contributed by atoms with Gasteiger partial charge in [-0.25, -0.2) is 9.37 Å². The van der Waals surface area contributed by atoms with E-state index in [4.69, 9.17) is 0 Å². The molecule has 1 aromatic carbocycles. The van der Waals surface area contributed by atoms with Crippen LogP contribution in [0.15, 0.2) is 34.4 Å². The van der Waals surface area contributed by atoms with E-state index in [1.54, 1.807) is 7.05 Å². The van der Waals surface area contributed by atoms with Gasteiger partial charge < -0.3 is 0 Å². The number of hydrazone groups is 1. The molecule has 4 rings (SSSR count). The second kappa shape index (κ2) is 5.51. The first kappa shape index (κ1) is 15.5. The molecule has 1 N–H and O–H groups in total. The Balaban J connectivity index is 1.66. The topological polar surface area (TPSA) is 80.4 Å². The van der Waals surface area contributed by atoms with Crippen LogP contribution in [0.3, 0.4) is 0 Å². The summed E-state index contributed by atoms with van der Waals surface area (Å²) in [6.45, 7) is 4.64. The smallest absolute Gasteiger partial charge is 0.270 e. The summed E-state index contributed by atoms with van der Waals surface area (Å²) in [5.74, 6) is 0.701. The van der Waals surface area contributed by atoms with Crippen LogP contribution >= 0.6 is 0 Å². The Bertz CT molecular complexity index is 868. The summed E-state index contributed by atoms with van der Waals surface area (Å²) in [7, 11) is 1.65. The maximum atomic E-state index is 13.1. The number of rotatable bonds is 2. The number of fused-ring (bicyclic) bond motifs is 2. The Morgan fingerprint density at radius 3 is 2.68 bits per heavy atom. The molecule has 3 heterocycles. The Labute approximate surface area is 145 Å². The zero-order valence-corrected chi connectivity index (χ0v) is 14.4. The van der Waals surface area contributed by atoms with E-state index in [1.165, 1.54) is 9.80 Å². The molecule has 3 amide bonds. The summed E-state index contributed by atoms with van der Waals surface area (Å²) in [5, 5.41) is 4.15. The second-order valence-electron chi connectivity index (χ2n) is 6.53. The highest BCUT2D eigenvalue weighted by atomic mass is 16.2. The van der Waals surface area contributed by atoms with E-state index < -0.39 is 6.04 Å². The van der Waals surface area contributed by atoms with E-state index in [9.17, 15) is 9.59 Å². The molecule has 3 aliphatic heterocycles. The molecule has 0 aromatic heterocycles. The maximum Gasteiger partial charge on any atom is 0.414 e.